The topological polar surface area (TPSA) is 145 Å². The summed E-state index contributed by atoms with van der Waals surface area (Å²) in [5.74, 6) is -0.382. The van der Waals surface area contributed by atoms with Crippen molar-refractivity contribution in [3.05, 3.63) is 213 Å². The molecule has 2 aromatic heterocycles. The molecule has 0 fully saturated rings. The maximum Gasteiger partial charge on any atom is 0.306 e. The van der Waals surface area contributed by atoms with Crippen molar-refractivity contribution in [2.45, 2.75) is 87.6 Å². The molecular weight excluding hydrogens is 959 g/mol. The van der Waals surface area contributed by atoms with Crippen molar-refractivity contribution in [3.63, 3.8) is 0 Å². The van der Waals surface area contributed by atoms with Gasteiger partial charge in [0.15, 0.2) is 0 Å². The van der Waals surface area contributed by atoms with E-state index < -0.39 is 5.97 Å². The zero-order valence-electron chi connectivity index (χ0n) is 37.1. The van der Waals surface area contributed by atoms with Crippen LogP contribution in [0.5, 0.6) is 11.5 Å². The predicted molar refractivity (Wildman–Crippen MR) is 289 cm³/mol. The third-order valence-electron chi connectivity index (χ3n) is 10.8. The van der Waals surface area contributed by atoms with Gasteiger partial charge in [0.25, 0.3) is 0 Å². The van der Waals surface area contributed by atoms with Crippen LogP contribution in [0.25, 0.3) is 22.3 Å². The molecule has 2 heterocycles. The van der Waals surface area contributed by atoms with Crippen LogP contribution < -0.4 is 4.74 Å². The van der Waals surface area contributed by atoms with Crippen LogP contribution in [0.1, 0.15) is 106 Å². The number of benzene rings is 6. The van der Waals surface area contributed by atoms with Crippen LogP contribution >= 0.6 is 34.8 Å². The van der Waals surface area contributed by atoms with Gasteiger partial charge in [0.2, 0.25) is 0 Å². The molecule has 0 saturated heterocycles. The highest BCUT2D eigenvalue weighted by molar-refractivity contribution is 6.32. The summed E-state index contributed by atoms with van der Waals surface area (Å²) in [7, 11) is 0. The van der Waals surface area contributed by atoms with Crippen molar-refractivity contribution >= 4 is 46.7 Å². The van der Waals surface area contributed by atoms with Crippen LogP contribution in [0.15, 0.2) is 167 Å². The van der Waals surface area contributed by atoms with E-state index in [1.165, 1.54) is 18.1 Å². The Morgan fingerprint density at radius 3 is 1.55 bits per heavy atom. The Morgan fingerprint density at radius 1 is 0.620 bits per heavy atom. The summed E-state index contributed by atoms with van der Waals surface area (Å²) in [4.78, 5) is 22.9. The summed E-state index contributed by atoms with van der Waals surface area (Å²) < 4.78 is 20.7. The molecule has 0 bridgehead atoms. The lowest BCUT2D eigenvalue weighted by atomic mass is 9.92. The van der Waals surface area contributed by atoms with Gasteiger partial charge in [-0.3, -0.25) is 9.59 Å². The molecule has 13 heteroatoms. The van der Waals surface area contributed by atoms with Crippen molar-refractivity contribution in [1.29, 1.82) is 0 Å². The molecule has 2 unspecified atom stereocenters. The Hall–Kier alpha value is -6.85. The molecule has 8 rings (SSSR count). The second kappa shape index (κ2) is 30.0. The normalized spacial score (nSPS) is 10.9. The summed E-state index contributed by atoms with van der Waals surface area (Å²) in [6.45, 7) is 6.57. The summed E-state index contributed by atoms with van der Waals surface area (Å²) in [6.07, 6.45) is 3.03. The number of aliphatic carboxylic acids is 1. The first-order valence-corrected chi connectivity index (χ1v) is 22.7. The first-order valence-electron chi connectivity index (χ1n) is 21.4. The van der Waals surface area contributed by atoms with Crippen LogP contribution in [0.2, 0.25) is 10.0 Å². The average molecular weight is 1020 g/mol. The number of phenolic OH excluding ortho intramolecular Hbond substituents is 1. The van der Waals surface area contributed by atoms with Gasteiger partial charge in [0, 0.05) is 39.9 Å². The first kappa shape index (κ1) is 60.3. The number of carbonyl (C=O) groups excluding carboxylic acids is 1. The Balaban J connectivity index is 0.000000382. The van der Waals surface area contributed by atoms with Gasteiger partial charge in [0.05, 0.1) is 30.8 Å². The molecule has 0 amide bonds. The third kappa shape index (κ3) is 17.2. The van der Waals surface area contributed by atoms with Gasteiger partial charge in [-0.1, -0.05) is 148 Å². The van der Waals surface area contributed by atoms with Crippen LogP contribution in [-0.2, 0) is 26.8 Å². The second-order valence-corrected chi connectivity index (χ2v) is 16.5. The maximum atomic E-state index is 11.7. The van der Waals surface area contributed by atoms with Crippen molar-refractivity contribution in [3.8, 4) is 33.8 Å². The quantitative estimate of drug-likeness (QED) is 0.0752. The lowest BCUT2D eigenvalue weighted by molar-refractivity contribution is -0.143. The number of aromatic hydroxyl groups is 1. The van der Waals surface area contributed by atoms with E-state index in [-0.39, 0.29) is 66.1 Å². The van der Waals surface area contributed by atoms with Crippen molar-refractivity contribution < 1.29 is 38.3 Å². The molecule has 8 aromatic rings. The van der Waals surface area contributed by atoms with E-state index in [9.17, 15) is 19.8 Å². The number of halogens is 3. The molecule has 0 aliphatic carbocycles. The van der Waals surface area contributed by atoms with E-state index >= 15 is 0 Å². The molecule has 6 aromatic carbocycles. The Kier molecular flexibility index (Phi) is 25.5. The highest BCUT2D eigenvalue weighted by Gasteiger charge is 2.22. The molecule has 10 nitrogen and oxygen atoms in total. The minimum Gasteiger partial charge on any atom is -0.508 e. The van der Waals surface area contributed by atoms with Crippen LogP contribution in [-0.4, -0.2) is 39.1 Å². The summed E-state index contributed by atoms with van der Waals surface area (Å²) in [5.41, 5.74) is 11.8. The lowest BCUT2D eigenvalue weighted by Crippen LogP contribution is -2.11. The summed E-state index contributed by atoms with van der Waals surface area (Å²) in [5, 5.41) is 27.9. The zero-order chi connectivity index (χ0) is 47.7. The minimum absolute atomic E-state index is 0. The molecule has 0 aliphatic rings. The Bertz CT molecular complexity index is 2820. The van der Waals surface area contributed by atoms with Gasteiger partial charge in [-0.15, -0.1) is 11.6 Å². The molecule has 0 spiro atoms. The van der Waals surface area contributed by atoms with Crippen molar-refractivity contribution in [1.82, 2.24) is 10.3 Å². The minimum atomic E-state index is -0.895. The van der Waals surface area contributed by atoms with E-state index in [1.54, 1.807) is 43.3 Å². The summed E-state index contributed by atoms with van der Waals surface area (Å²) in [6, 6.07) is 45.8. The number of nitrogens with zero attached hydrogens (tertiary/aromatic N) is 2. The van der Waals surface area contributed by atoms with Gasteiger partial charge >= 0.3 is 11.9 Å². The fourth-order valence-corrected chi connectivity index (χ4v) is 7.83. The zero-order valence-corrected chi connectivity index (χ0v) is 39.3. The molecule has 2 atom stereocenters. The van der Waals surface area contributed by atoms with Crippen LogP contribution in [0.3, 0.4) is 0 Å². The molecule has 71 heavy (non-hydrogen) atoms. The smallest absolute Gasteiger partial charge is 0.306 e. The number of carboxylic acid groups (broad SMARTS) is 1. The monoisotopic (exact) mass is 1020 g/mol. The second-order valence-electron chi connectivity index (χ2n) is 15.4. The fraction of sp³-hybridized carbons (Fsp3) is 0.241. The number of hydrogen-bond donors (Lipinski definition) is 2. The maximum absolute atomic E-state index is 11.7. The highest BCUT2D eigenvalue weighted by atomic mass is 35.5. The molecule has 0 radical (unpaired) electrons. The summed E-state index contributed by atoms with van der Waals surface area (Å²) >= 11 is 18.2. The number of esters is 1. The number of rotatable bonds is 15. The molecule has 2 N–H and O–H groups in total. The molecule has 0 aliphatic heterocycles. The number of hydrogen-bond acceptors (Lipinski definition) is 9. The lowest BCUT2D eigenvalue weighted by Gasteiger charge is -2.14. The average Bonchev–Trinajstić information content (AvgIpc) is 4.09. The van der Waals surface area contributed by atoms with Gasteiger partial charge in [-0.05, 0) is 125 Å². The Morgan fingerprint density at radius 2 is 1.08 bits per heavy atom. The van der Waals surface area contributed by atoms with E-state index in [0.29, 0.717) is 36.2 Å². The number of phenols is 1. The van der Waals surface area contributed by atoms with Gasteiger partial charge in [-0.2, -0.15) is 0 Å². The van der Waals surface area contributed by atoms with Crippen LogP contribution in [0, 0.1) is 13.8 Å². The van der Waals surface area contributed by atoms with E-state index in [4.69, 9.17) is 53.3 Å². The predicted octanol–water partition coefficient (Wildman–Crippen LogP) is 16.6. The largest absolute Gasteiger partial charge is 0.508 e. The molecule has 376 valence electrons. The van der Waals surface area contributed by atoms with E-state index in [2.05, 4.69) is 46.7 Å². The van der Waals surface area contributed by atoms with Crippen LogP contribution in [0.4, 0.5) is 0 Å². The van der Waals surface area contributed by atoms with Crippen molar-refractivity contribution in [2.24, 2.45) is 0 Å². The molecular formula is C58H65Cl3N2O8. The van der Waals surface area contributed by atoms with Crippen molar-refractivity contribution in [2.75, 3.05) is 6.61 Å². The number of alkyl halides is 1. The highest BCUT2D eigenvalue weighted by Crippen LogP contribution is 2.33. The van der Waals surface area contributed by atoms with Gasteiger partial charge in [0.1, 0.15) is 30.6 Å². The number of carboxylic acids is 1. The fourth-order valence-electron chi connectivity index (χ4n) is 7.31. The third-order valence-corrected chi connectivity index (χ3v) is 12.0. The number of ether oxygens (including phenoxy) is 2. The van der Waals surface area contributed by atoms with E-state index in [1.807, 2.05) is 86.6 Å². The number of carbonyl (C=O) groups is 2. The first-order chi connectivity index (χ1) is 32.4. The Labute approximate surface area is 434 Å². The number of aromatic nitrogens is 2. The van der Waals surface area contributed by atoms with E-state index in [0.717, 1.165) is 60.1 Å². The van der Waals surface area contributed by atoms with Gasteiger partial charge in [-0.25, -0.2) is 0 Å². The van der Waals surface area contributed by atoms with Gasteiger partial charge < -0.3 is 28.7 Å². The SMILES string of the molecule is C.C.C.C.CCOC(=O)CC(c1ccc(O)cc1)c1ccon1.Cc1c(Cl)cccc1-c1cccc(CCl)c1.Cc1c(Cl)cccc1-c1cccc(COc2ccc(C(CC(=O)O)c3ccon3)cc2)c1. The standard InChI is InChI=1S/C26H22ClNO4.C14H12Cl2.C14H15NO4.4CH4/c1-17-22(6-3-7-24(17)27)20-5-2-4-18(14-20)16-31-21-10-8-19(9-11-21)23(15-26(29)30)25-12-13-32-28-25;1-10-13(6-3-7-14(10)16)12-5-2-4-11(8-12)9-15;1-2-18-14(17)9-12(13-7-8-19-15-13)10-3-5-11(16)6-4-10;;;;/h2-14,23H,15-16H2,1H3,(H,29,30);2-8H,9H2,1H3;3-8,12,16H,2,9H2,1H3;4*1H4. The molecule has 0 saturated carbocycles.